The molecule has 2 aromatic heterocycles. The topological polar surface area (TPSA) is 141 Å². The van der Waals surface area contributed by atoms with Crippen molar-refractivity contribution in [2.75, 3.05) is 68.2 Å². The summed E-state index contributed by atoms with van der Waals surface area (Å²) in [5, 5.41) is 8.01. The smallest absolute Gasteiger partial charge is 0.421 e. The van der Waals surface area contributed by atoms with Gasteiger partial charge in [0.1, 0.15) is 17.1 Å². The van der Waals surface area contributed by atoms with Gasteiger partial charge in [-0.2, -0.15) is 23.1 Å². The van der Waals surface area contributed by atoms with E-state index < -0.39 is 23.5 Å². The fourth-order valence-corrected chi connectivity index (χ4v) is 4.00. The maximum absolute atomic E-state index is 13.8. The predicted octanol–water partition coefficient (Wildman–Crippen LogP) is 3.71. The lowest BCUT2D eigenvalue weighted by Crippen LogP contribution is -2.51. The number of methoxy groups -OCH3 is 1. The first-order chi connectivity index (χ1) is 20.0. The Morgan fingerprint density at radius 2 is 1.76 bits per heavy atom. The van der Waals surface area contributed by atoms with Gasteiger partial charge in [-0.25, -0.2) is 14.8 Å². The molecule has 0 bridgehead atoms. The molecule has 4 rings (SSSR count). The average Bonchev–Trinajstić information content (AvgIpc) is 2.96. The van der Waals surface area contributed by atoms with Gasteiger partial charge in [0.05, 0.1) is 13.3 Å². The van der Waals surface area contributed by atoms with Crippen molar-refractivity contribution in [2.24, 2.45) is 0 Å². The van der Waals surface area contributed by atoms with Crippen LogP contribution in [0, 0.1) is 0 Å². The van der Waals surface area contributed by atoms with Gasteiger partial charge in [0, 0.05) is 57.8 Å². The third kappa shape index (κ3) is 7.13. The monoisotopic (exact) mass is 586 g/mol. The molecule has 0 spiro atoms. The van der Waals surface area contributed by atoms with Gasteiger partial charge in [0.25, 0.3) is 0 Å². The Kier molecular flexibility index (Phi) is 8.93. The molecule has 0 unspecified atom stereocenters. The maximum Gasteiger partial charge on any atom is 0.421 e. The van der Waals surface area contributed by atoms with Crippen LogP contribution in [-0.4, -0.2) is 89.1 Å². The number of amides is 3. The number of alkyl halides is 3. The molecule has 0 radical (unpaired) electrons. The number of hydrogen-bond acceptors (Lipinski definition) is 10. The van der Waals surface area contributed by atoms with E-state index in [0.29, 0.717) is 44.0 Å². The number of carbonyl (C=O) groups is 2. The molecule has 1 saturated heterocycles. The molecule has 3 N–H and O–H groups in total. The quantitative estimate of drug-likeness (QED) is 0.335. The number of ether oxygens (including phenoxy) is 1. The molecule has 3 aromatic rings. The Hall–Kier alpha value is -5.15. The van der Waals surface area contributed by atoms with Crippen LogP contribution in [0.1, 0.15) is 5.56 Å². The predicted molar refractivity (Wildman–Crippen MR) is 150 cm³/mol. The normalized spacial score (nSPS) is 13.3. The lowest BCUT2D eigenvalue weighted by molar-refractivity contribution is -0.137. The highest BCUT2D eigenvalue weighted by Crippen LogP contribution is 2.36. The Morgan fingerprint density at radius 3 is 2.40 bits per heavy atom. The molecule has 0 aliphatic carbocycles. The van der Waals surface area contributed by atoms with E-state index in [0.717, 1.165) is 6.08 Å². The molecule has 1 aromatic carbocycles. The second-order valence-corrected chi connectivity index (χ2v) is 9.22. The summed E-state index contributed by atoms with van der Waals surface area (Å²) in [5.74, 6) is -0.676. The van der Waals surface area contributed by atoms with Crippen LogP contribution in [0.3, 0.4) is 0 Å². The molecule has 1 aliphatic heterocycles. The second-order valence-electron chi connectivity index (χ2n) is 9.22. The van der Waals surface area contributed by atoms with Crippen molar-refractivity contribution in [3.05, 3.63) is 54.9 Å². The highest BCUT2D eigenvalue weighted by atomic mass is 19.4. The number of hydrogen-bond donors (Lipinski definition) is 3. The minimum Gasteiger partial charge on any atom is -0.479 e. The molecular weight excluding hydrogens is 557 g/mol. The molecular formula is C26H29F3N10O3. The summed E-state index contributed by atoms with van der Waals surface area (Å²) in [6.07, 6.45) is -1.61. The minimum atomic E-state index is -4.75. The van der Waals surface area contributed by atoms with Crippen LogP contribution in [0.25, 0.3) is 0 Å². The molecule has 1 aliphatic rings. The summed E-state index contributed by atoms with van der Waals surface area (Å²) in [5.41, 5.74) is -0.287. The highest BCUT2D eigenvalue weighted by molar-refractivity contribution is 5.99. The van der Waals surface area contributed by atoms with Crippen LogP contribution < -0.4 is 25.6 Å². The van der Waals surface area contributed by atoms with Crippen LogP contribution in [-0.2, 0) is 11.0 Å². The van der Waals surface area contributed by atoms with Crippen molar-refractivity contribution in [3.8, 4) is 5.88 Å². The maximum atomic E-state index is 13.8. The molecule has 0 saturated carbocycles. The number of halogens is 3. The third-order valence-corrected chi connectivity index (χ3v) is 6.07. The van der Waals surface area contributed by atoms with Gasteiger partial charge in [0.15, 0.2) is 0 Å². The number of nitrogens with one attached hydrogen (secondary N) is 3. The largest absolute Gasteiger partial charge is 0.479 e. The number of rotatable bonds is 8. The zero-order chi connectivity index (χ0) is 30.4. The van der Waals surface area contributed by atoms with Gasteiger partial charge in [-0.3, -0.25) is 4.79 Å². The first kappa shape index (κ1) is 29.8. The number of urea groups is 1. The Bertz CT molecular complexity index is 1460. The number of carbonyl (C=O) groups excluding carboxylic acids is 2. The summed E-state index contributed by atoms with van der Waals surface area (Å²) in [6, 6.07) is 6.01. The van der Waals surface area contributed by atoms with Crippen LogP contribution in [0.15, 0.2) is 49.3 Å². The SMILES string of the molecule is C=CC(=O)Nc1cccc(Nc2nc(Nc3cnc(N4CCN(C(=O)N(C)C)CC4)nc3OC)ncc2C(F)(F)F)c1. The van der Waals surface area contributed by atoms with E-state index in [4.69, 9.17) is 4.74 Å². The summed E-state index contributed by atoms with van der Waals surface area (Å²) >= 11 is 0. The molecule has 0 atom stereocenters. The second kappa shape index (κ2) is 12.6. The molecule has 222 valence electrons. The number of benzene rings is 1. The van der Waals surface area contributed by atoms with Gasteiger partial charge in [0.2, 0.25) is 23.7 Å². The zero-order valence-electron chi connectivity index (χ0n) is 23.1. The third-order valence-electron chi connectivity index (χ3n) is 6.07. The van der Waals surface area contributed by atoms with E-state index in [1.54, 1.807) is 31.1 Å². The van der Waals surface area contributed by atoms with Gasteiger partial charge in [-0.05, 0) is 24.3 Å². The highest BCUT2D eigenvalue weighted by Gasteiger charge is 2.35. The number of aromatic nitrogens is 4. The summed E-state index contributed by atoms with van der Waals surface area (Å²) in [7, 11) is 4.78. The van der Waals surface area contributed by atoms with Gasteiger partial charge in [-0.1, -0.05) is 12.6 Å². The number of nitrogens with zero attached hydrogens (tertiary/aromatic N) is 7. The van der Waals surface area contributed by atoms with Gasteiger partial charge >= 0.3 is 12.2 Å². The van der Waals surface area contributed by atoms with Crippen molar-refractivity contribution in [2.45, 2.75) is 6.18 Å². The van der Waals surface area contributed by atoms with Gasteiger partial charge in [-0.15, -0.1) is 0 Å². The van der Waals surface area contributed by atoms with Crippen LogP contribution in [0.4, 0.5) is 52.7 Å². The Morgan fingerprint density at radius 1 is 1.05 bits per heavy atom. The number of piperazine rings is 1. The van der Waals surface area contributed by atoms with Crippen molar-refractivity contribution in [1.29, 1.82) is 0 Å². The molecule has 3 heterocycles. The minimum absolute atomic E-state index is 0.0785. The Balaban J connectivity index is 1.54. The van der Waals surface area contributed by atoms with E-state index in [1.165, 1.54) is 30.3 Å². The van der Waals surface area contributed by atoms with E-state index in [2.05, 4.69) is 42.5 Å². The van der Waals surface area contributed by atoms with Gasteiger partial charge < -0.3 is 35.4 Å². The van der Waals surface area contributed by atoms with Crippen LogP contribution in [0.2, 0.25) is 0 Å². The Labute approximate surface area is 239 Å². The van der Waals surface area contributed by atoms with Crippen LogP contribution in [0.5, 0.6) is 5.88 Å². The van der Waals surface area contributed by atoms with Crippen molar-refractivity contribution in [3.63, 3.8) is 0 Å². The first-order valence-corrected chi connectivity index (χ1v) is 12.6. The zero-order valence-corrected chi connectivity index (χ0v) is 23.1. The van der Waals surface area contributed by atoms with Crippen molar-refractivity contribution in [1.82, 2.24) is 29.7 Å². The average molecular weight is 587 g/mol. The molecule has 13 nitrogen and oxygen atoms in total. The summed E-state index contributed by atoms with van der Waals surface area (Å²) in [4.78, 5) is 45.6. The fraction of sp³-hybridized carbons (Fsp3) is 0.308. The van der Waals surface area contributed by atoms with Crippen LogP contribution >= 0.6 is 0 Å². The summed E-state index contributed by atoms with van der Waals surface area (Å²) < 4.78 is 46.7. The lowest BCUT2D eigenvalue weighted by Gasteiger charge is -2.36. The van der Waals surface area contributed by atoms with Crippen molar-refractivity contribution < 1.29 is 27.5 Å². The molecule has 1 fully saturated rings. The molecule has 42 heavy (non-hydrogen) atoms. The first-order valence-electron chi connectivity index (χ1n) is 12.6. The molecule has 3 amide bonds. The van der Waals surface area contributed by atoms with E-state index in [9.17, 15) is 22.8 Å². The van der Waals surface area contributed by atoms with E-state index >= 15 is 0 Å². The van der Waals surface area contributed by atoms with E-state index in [1.807, 2.05) is 4.90 Å². The number of anilines is 6. The lowest BCUT2D eigenvalue weighted by atomic mass is 10.2. The van der Waals surface area contributed by atoms with E-state index in [-0.39, 0.29) is 29.2 Å². The fourth-order valence-electron chi connectivity index (χ4n) is 4.00. The standard InChI is InChI=1S/C26H29F3N10O3/c1-5-20(40)32-16-7-6-8-17(13-16)33-21-18(26(27,28)29)14-30-23(35-21)34-19-15-31-24(36-22(19)42-4)38-9-11-39(12-10-38)25(41)37(2)3/h5-8,13-15H,1,9-12H2,2-4H3,(H,32,40)(H2,30,33,34,35). The molecule has 16 heteroatoms. The van der Waals surface area contributed by atoms with Crippen molar-refractivity contribution >= 4 is 46.7 Å². The summed E-state index contributed by atoms with van der Waals surface area (Å²) in [6.45, 7) is 5.36.